The van der Waals surface area contributed by atoms with Crippen molar-refractivity contribution < 1.29 is 27.0 Å². The number of nitrogens with one attached hydrogen (secondary N) is 1. The van der Waals surface area contributed by atoms with Crippen LogP contribution in [0.3, 0.4) is 0 Å². The van der Waals surface area contributed by atoms with Crippen LogP contribution in [0.1, 0.15) is 29.7 Å². The van der Waals surface area contributed by atoms with E-state index in [2.05, 4.69) is 30.1 Å². The van der Waals surface area contributed by atoms with Crippen LogP contribution in [0.4, 0.5) is 29.2 Å². The van der Waals surface area contributed by atoms with Gasteiger partial charge in [0, 0.05) is 22.7 Å². The molecule has 10 nitrogen and oxygen atoms in total. The third kappa shape index (κ3) is 4.29. The molecule has 0 saturated heterocycles. The lowest BCUT2D eigenvalue weighted by atomic mass is 9.94. The van der Waals surface area contributed by atoms with Gasteiger partial charge in [-0.3, -0.25) is 5.10 Å². The van der Waals surface area contributed by atoms with Crippen molar-refractivity contribution in [3.05, 3.63) is 52.1 Å². The number of anilines is 2. The van der Waals surface area contributed by atoms with Crippen LogP contribution in [0.5, 0.6) is 11.9 Å². The van der Waals surface area contributed by atoms with Crippen molar-refractivity contribution in [2.24, 2.45) is 0 Å². The molecule has 212 valence electrons. The smallest absolute Gasteiger partial charge is 0.417 e. The molecule has 5 heterocycles. The molecule has 5 aromatic rings. The number of hydrogen-bond acceptors (Lipinski definition) is 9. The monoisotopic (exact) mass is 588 g/mol. The zero-order chi connectivity index (χ0) is 29.2. The number of fused-ring (bicyclic) bond motifs is 1. The minimum absolute atomic E-state index is 0.0329. The van der Waals surface area contributed by atoms with E-state index in [1.807, 2.05) is 6.92 Å². The first kappa shape index (κ1) is 26.7. The van der Waals surface area contributed by atoms with Gasteiger partial charge in [-0.15, -0.1) is 0 Å². The second-order valence-corrected chi connectivity index (χ2v) is 9.89. The van der Waals surface area contributed by atoms with E-state index in [0.717, 1.165) is 0 Å². The summed E-state index contributed by atoms with van der Waals surface area (Å²) in [5, 5.41) is 6.99. The summed E-state index contributed by atoms with van der Waals surface area (Å²) in [6.07, 6.45) is -2.21. The number of hydrogen-bond donors (Lipinski definition) is 2. The van der Waals surface area contributed by atoms with Gasteiger partial charge in [0.25, 0.3) is 0 Å². The van der Waals surface area contributed by atoms with E-state index in [4.69, 9.17) is 26.8 Å². The lowest BCUT2D eigenvalue weighted by Crippen LogP contribution is -2.31. The zero-order valence-electron chi connectivity index (χ0n) is 21.8. The van der Waals surface area contributed by atoms with Crippen molar-refractivity contribution in [1.82, 2.24) is 30.1 Å². The summed E-state index contributed by atoms with van der Waals surface area (Å²) in [7, 11) is 1.30. The van der Waals surface area contributed by atoms with E-state index >= 15 is 4.39 Å². The molecular formula is C26H21ClF4N8O2. The summed E-state index contributed by atoms with van der Waals surface area (Å²) in [6, 6.07) is 2.27. The van der Waals surface area contributed by atoms with Gasteiger partial charge in [-0.05, 0) is 31.5 Å². The van der Waals surface area contributed by atoms with Crippen LogP contribution in [0.25, 0.3) is 33.1 Å². The van der Waals surface area contributed by atoms with Gasteiger partial charge in [-0.2, -0.15) is 28.2 Å². The number of rotatable bonds is 4. The fourth-order valence-electron chi connectivity index (χ4n) is 5.20. The van der Waals surface area contributed by atoms with Crippen LogP contribution in [-0.2, 0) is 6.18 Å². The molecule has 41 heavy (non-hydrogen) atoms. The number of nitrogens with two attached hydrogens (primary N) is 1. The van der Waals surface area contributed by atoms with Gasteiger partial charge >= 0.3 is 12.2 Å². The summed E-state index contributed by atoms with van der Waals surface area (Å²) in [5.74, 6) is -0.816. The average molecular weight is 589 g/mol. The molecule has 0 spiro atoms. The summed E-state index contributed by atoms with van der Waals surface area (Å²) in [5.41, 5.74) is 4.42. The molecule has 1 unspecified atom stereocenters. The molecule has 1 aromatic carbocycles. The molecule has 15 heteroatoms. The summed E-state index contributed by atoms with van der Waals surface area (Å²) >= 11 is 6.17. The number of aryl methyl sites for hydroxylation is 1. The Bertz CT molecular complexity index is 1850. The van der Waals surface area contributed by atoms with Crippen molar-refractivity contribution in [1.29, 1.82) is 0 Å². The Balaban J connectivity index is 1.66. The molecular weight excluding hydrogens is 568 g/mol. The van der Waals surface area contributed by atoms with Crippen molar-refractivity contribution in [2.45, 2.75) is 26.1 Å². The van der Waals surface area contributed by atoms with Gasteiger partial charge in [0.2, 0.25) is 5.88 Å². The maximum atomic E-state index is 16.5. The van der Waals surface area contributed by atoms with Gasteiger partial charge in [-0.25, -0.2) is 14.4 Å². The fourth-order valence-corrected chi connectivity index (χ4v) is 5.37. The average Bonchev–Trinajstić information content (AvgIpc) is 3.31. The van der Waals surface area contributed by atoms with Gasteiger partial charge in [0.1, 0.15) is 34.8 Å². The van der Waals surface area contributed by atoms with E-state index in [-0.39, 0.29) is 64.0 Å². The van der Waals surface area contributed by atoms with E-state index in [1.165, 1.54) is 32.5 Å². The molecule has 6 rings (SSSR count). The van der Waals surface area contributed by atoms with Gasteiger partial charge in [-0.1, -0.05) is 11.6 Å². The van der Waals surface area contributed by atoms with Gasteiger partial charge in [0.05, 0.1) is 42.0 Å². The number of H-pyrrole nitrogens is 1. The number of ether oxygens (including phenoxy) is 2. The number of benzene rings is 1. The highest BCUT2D eigenvalue weighted by Crippen LogP contribution is 2.47. The number of aromatic amines is 1. The van der Waals surface area contributed by atoms with Crippen LogP contribution in [-0.4, -0.2) is 50.4 Å². The highest BCUT2D eigenvalue weighted by atomic mass is 35.5. The molecule has 3 N–H and O–H groups in total. The molecule has 0 amide bonds. The van der Waals surface area contributed by atoms with E-state index < -0.39 is 34.9 Å². The predicted octanol–water partition coefficient (Wildman–Crippen LogP) is 5.63. The van der Waals surface area contributed by atoms with Crippen molar-refractivity contribution in [2.75, 3.05) is 30.9 Å². The molecule has 0 radical (unpaired) electrons. The van der Waals surface area contributed by atoms with Crippen LogP contribution < -0.4 is 20.1 Å². The Labute approximate surface area is 234 Å². The normalized spacial score (nSPS) is 14.3. The number of methoxy groups -OCH3 is 1. The Morgan fingerprint density at radius 2 is 1.98 bits per heavy atom. The lowest BCUT2D eigenvalue weighted by molar-refractivity contribution is -0.137. The van der Waals surface area contributed by atoms with Crippen LogP contribution in [0.15, 0.2) is 24.5 Å². The molecule has 1 aliphatic rings. The van der Waals surface area contributed by atoms with Gasteiger partial charge in [0.15, 0.2) is 5.82 Å². The van der Waals surface area contributed by atoms with E-state index in [0.29, 0.717) is 10.6 Å². The first-order chi connectivity index (χ1) is 19.5. The minimum atomic E-state index is -4.82. The number of pyridine rings is 2. The third-order valence-corrected chi connectivity index (χ3v) is 7.24. The van der Waals surface area contributed by atoms with Crippen molar-refractivity contribution in [3.8, 4) is 23.1 Å². The summed E-state index contributed by atoms with van der Waals surface area (Å²) in [6.45, 7) is 3.37. The Morgan fingerprint density at radius 1 is 1.20 bits per heavy atom. The molecule has 0 fully saturated rings. The van der Waals surface area contributed by atoms with Crippen molar-refractivity contribution in [3.63, 3.8) is 0 Å². The second kappa shape index (κ2) is 9.58. The largest absolute Gasteiger partial charge is 0.475 e. The third-order valence-electron chi connectivity index (χ3n) is 7.04. The molecule has 1 aliphatic heterocycles. The summed E-state index contributed by atoms with van der Waals surface area (Å²) < 4.78 is 70.9. The molecule has 4 aromatic heterocycles. The highest BCUT2D eigenvalue weighted by Gasteiger charge is 2.39. The van der Waals surface area contributed by atoms with Crippen LogP contribution >= 0.6 is 11.6 Å². The SMILES string of the molecule is COc1nc2c3c(nc(-c4c(C(F)(F)F)c(C)cc5[nH]ncc45)c(F)c3n1)OCCN2C(C)c1cc(Cl)cnc1N. The van der Waals surface area contributed by atoms with Crippen molar-refractivity contribution >= 4 is 45.0 Å². The van der Waals surface area contributed by atoms with Crippen LogP contribution in [0, 0.1) is 12.7 Å². The molecule has 0 aliphatic carbocycles. The Hall–Kier alpha value is -4.46. The first-order valence-corrected chi connectivity index (χ1v) is 12.7. The quantitative estimate of drug-likeness (QED) is 0.257. The van der Waals surface area contributed by atoms with E-state index in [9.17, 15) is 13.2 Å². The summed E-state index contributed by atoms with van der Waals surface area (Å²) in [4.78, 5) is 18.9. The van der Waals surface area contributed by atoms with E-state index in [1.54, 1.807) is 11.0 Å². The highest BCUT2D eigenvalue weighted by molar-refractivity contribution is 6.30. The maximum Gasteiger partial charge on any atom is 0.417 e. The first-order valence-electron chi connectivity index (χ1n) is 12.3. The number of alkyl halides is 3. The minimum Gasteiger partial charge on any atom is -0.475 e. The molecule has 0 saturated carbocycles. The predicted molar refractivity (Wildman–Crippen MR) is 144 cm³/mol. The zero-order valence-corrected chi connectivity index (χ0v) is 22.5. The number of nitrogens with zero attached hydrogens (tertiary/aromatic N) is 6. The Morgan fingerprint density at radius 3 is 2.71 bits per heavy atom. The number of nitrogen functional groups attached to an aromatic ring is 1. The lowest BCUT2D eigenvalue weighted by Gasteiger charge is -2.30. The molecule has 0 bridgehead atoms. The number of aromatic nitrogens is 6. The fraction of sp³-hybridized carbons (Fsp3) is 0.269. The molecule has 1 atom stereocenters. The second-order valence-electron chi connectivity index (χ2n) is 9.46. The number of halogens is 5. The Kier molecular flexibility index (Phi) is 6.25. The van der Waals surface area contributed by atoms with Crippen LogP contribution in [0.2, 0.25) is 5.02 Å². The topological polar surface area (TPSA) is 128 Å². The van der Waals surface area contributed by atoms with Gasteiger partial charge < -0.3 is 20.1 Å². The standard InChI is InChI=1S/C26H21ClF4N8O2/c1-10-6-15-14(9-34-38-15)16(18(10)26(29,30)31)20-19(28)21-17-23(37-25(36-21)40-3)39(4-5-41-24(17)35-20)11(2)13-7-12(27)8-33-22(13)32/h6-9,11H,4-5H2,1-3H3,(H2,32,33)(H,34,38). The maximum absolute atomic E-state index is 16.5.